The average Bonchev–Trinajstić information content (AvgIpc) is 2.93. The molecule has 18 nitrogen and oxygen atoms in total. The standard InChI is InChI=1S/C23H40N2O16/c1-7(29)24-12-15(32)19(10(5-27)38-21(12)36-3)40-22-13(25-8(2)30)16(33)20(11(6-28)39-22)41-23-18(35)17(34)14(31)9(4-26)37-23/h9-23,26-28,31-35H,4-6H2,1-3H3,(H,24,29)(H,25,30)/t9-,10-,11-,12-,13-,14+,15-,16-,17+,18-,19-,20-,21+,22+,23+/m1/s1. The van der Waals surface area contributed by atoms with Gasteiger partial charge in [0.2, 0.25) is 11.8 Å². The normalized spacial score (nSPS) is 45.2. The van der Waals surface area contributed by atoms with E-state index in [0.717, 1.165) is 6.92 Å². The van der Waals surface area contributed by atoms with Crippen molar-refractivity contribution in [3.05, 3.63) is 0 Å². The molecule has 41 heavy (non-hydrogen) atoms. The van der Waals surface area contributed by atoms with Gasteiger partial charge in [-0.15, -0.1) is 0 Å². The molecule has 0 spiro atoms. The van der Waals surface area contributed by atoms with E-state index in [2.05, 4.69) is 10.6 Å². The van der Waals surface area contributed by atoms with Crippen molar-refractivity contribution in [3.63, 3.8) is 0 Å². The molecule has 0 bridgehead atoms. The topological polar surface area (TPSA) is 275 Å². The summed E-state index contributed by atoms with van der Waals surface area (Å²) in [6, 6.07) is -2.61. The Hall–Kier alpha value is -1.62. The molecule has 3 saturated heterocycles. The highest BCUT2D eigenvalue weighted by Gasteiger charge is 2.54. The number of carbonyl (C=O) groups excluding carboxylic acids is 2. The van der Waals surface area contributed by atoms with E-state index < -0.39 is 124 Å². The van der Waals surface area contributed by atoms with Gasteiger partial charge in [0, 0.05) is 21.0 Å². The molecule has 238 valence electrons. The van der Waals surface area contributed by atoms with E-state index in [1.807, 2.05) is 0 Å². The van der Waals surface area contributed by atoms with Gasteiger partial charge in [-0.2, -0.15) is 0 Å². The lowest BCUT2D eigenvalue weighted by Gasteiger charge is -2.49. The second-order valence-corrected chi connectivity index (χ2v) is 10.0. The fraction of sp³-hybridized carbons (Fsp3) is 0.913. The first-order valence-electron chi connectivity index (χ1n) is 13.0. The molecule has 3 heterocycles. The molecule has 0 aromatic carbocycles. The van der Waals surface area contributed by atoms with Crippen molar-refractivity contribution in [1.82, 2.24) is 10.6 Å². The number of aliphatic hydroxyl groups excluding tert-OH is 8. The molecule has 0 saturated carbocycles. The van der Waals surface area contributed by atoms with E-state index in [0.29, 0.717) is 0 Å². The van der Waals surface area contributed by atoms with Crippen molar-refractivity contribution in [2.75, 3.05) is 26.9 Å². The monoisotopic (exact) mass is 600 g/mol. The molecule has 3 fully saturated rings. The van der Waals surface area contributed by atoms with Crippen LogP contribution in [-0.2, 0) is 38.0 Å². The summed E-state index contributed by atoms with van der Waals surface area (Å²) < 4.78 is 33.5. The van der Waals surface area contributed by atoms with Gasteiger partial charge in [0.25, 0.3) is 0 Å². The zero-order chi connectivity index (χ0) is 30.6. The molecule has 3 aliphatic rings. The third kappa shape index (κ3) is 7.48. The van der Waals surface area contributed by atoms with Crippen LogP contribution in [-0.4, -0.2) is 172 Å². The van der Waals surface area contributed by atoms with Crippen molar-refractivity contribution in [2.45, 2.75) is 106 Å². The van der Waals surface area contributed by atoms with Crippen molar-refractivity contribution in [2.24, 2.45) is 0 Å². The first kappa shape index (κ1) is 33.9. The predicted molar refractivity (Wildman–Crippen MR) is 129 cm³/mol. The molecule has 15 atom stereocenters. The van der Waals surface area contributed by atoms with Crippen molar-refractivity contribution in [1.29, 1.82) is 0 Å². The molecule has 3 aliphatic heterocycles. The maximum atomic E-state index is 12.0. The lowest BCUT2D eigenvalue weighted by Crippen LogP contribution is -2.70. The first-order valence-corrected chi connectivity index (χ1v) is 13.0. The van der Waals surface area contributed by atoms with Crippen LogP contribution < -0.4 is 10.6 Å². The smallest absolute Gasteiger partial charge is 0.217 e. The minimum Gasteiger partial charge on any atom is -0.394 e. The summed E-state index contributed by atoms with van der Waals surface area (Å²) in [6.07, 6.45) is -20.0. The van der Waals surface area contributed by atoms with Crippen LogP contribution in [0.5, 0.6) is 0 Å². The molecular formula is C23H40N2O16. The number of carbonyl (C=O) groups is 2. The summed E-state index contributed by atoms with van der Waals surface area (Å²) in [5, 5.41) is 87.1. The fourth-order valence-electron chi connectivity index (χ4n) is 5.05. The van der Waals surface area contributed by atoms with Gasteiger partial charge in [0.1, 0.15) is 73.1 Å². The Kier molecular flexibility index (Phi) is 12.2. The van der Waals surface area contributed by atoms with Gasteiger partial charge in [-0.1, -0.05) is 0 Å². The Morgan fingerprint density at radius 2 is 1.02 bits per heavy atom. The number of methoxy groups -OCH3 is 1. The fourth-order valence-corrected chi connectivity index (χ4v) is 5.05. The van der Waals surface area contributed by atoms with Crippen LogP contribution in [0.15, 0.2) is 0 Å². The first-order chi connectivity index (χ1) is 19.4. The van der Waals surface area contributed by atoms with Crippen LogP contribution in [0, 0.1) is 0 Å². The van der Waals surface area contributed by atoms with Gasteiger partial charge in [0.05, 0.1) is 19.8 Å². The van der Waals surface area contributed by atoms with Gasteiger partial charge >= 0.3 is 0 Å². The molecule has 0 aliphatic carbocycles. The Bertz CT molecular complexity index is 868. The van der Waals surface area contributed by atoms with Crippen LogP contribution in [0.2, 0.25) is 0 Å². The van der Waals surface area contributed by atoms with E-state index in [1.165, 1.54) is 14.0 Å². The number of ether oxygens (including phenoxy) is 6. The largest absolute Gasteiger partial charge is 0.394 e. The lowest BCUT2D eigenvalue weighted by atomic mass is 9.94. The molecule has 2 amide bonds. The third-order valence-corrected chi connectivity index (χ3v) is 7.11. The lowest BCUT2D eigenvalue weighted by molar-refractivity contribution is -0.361. The highest BCUT2D eigenvalue weighted by Crippen LogP contribution is 2.32. The Morgan fingerprint density at radius 3 is 1.46 bits per heavy atom. The van der Waals surface area contributed by atoms with Crippen molar-refractivity contribution in [3.8, 4) is 0 Å². The number of aliphatic hydroxyl groups is 8. The molecule has 0 unspecified atom stereocenters. The Balaban J connectivity index is 1.86. The van der Waals surface area contributed by atoms with E-state index in [4.69, 9.17) is 28.4 Å². The number of hydrogen-bond donors (Lipinski definition) is 10. The summed E-state index contributed by atoms with van der Waals surface area (Å²) in [5.41, 5.74) is 0. The van der Waals surface area contributed by atoms with Crippen molar-refractivity contribution < 1.29 is 78.9 Å². The number of hydrogen-bond acceptors (Lipinski definition) is 16. The van der Waals surface area contributed by atoms with Crippen LogP contribution >= 0.6 is 0 Å². The zero-order valence-corrected chi connectivity index (χ0v) is 22.6. The molecule has 3 rings (SSSR count). The summed E-state index contributed by atoms with van der Waals surface area (Å²) in [5.74, 6) is -1.19. The second-order valence-electron chi connectivity index (χ2n) is 10.0. The minimum atomic E-state index is -1.84. The van der Waals surface area contributed by atoms with Crippen LogP contribution in [0.3, 0.4) is 0 Å². The Labute approximate surface area is 234 Å². The highest BCUT2D eigenvalue weighted by atomic mass is 16.7. The van der Waals surface area contributed by atoms with E-state index >= 15 is 0 Å². The van der Waals surface area contributed by atoms with Gasteiger partial charge < -0.3 is 79.9 Å². The maximum absolute atomic E-state index is 12.0. The summed E-state index contributed by atoms with van der Waals surface area (Å²) in [6.45, 7) is 0.0896. The van der Waals surface area contributed by atoms with Gasteiger partial charge in [-0.3, -0.25) is 9.59 Å². The quantitative estimate of drug-likeness (QED) is 0.112. The van der Waals surface area contributed by atoms with Gasteiger partial charge in [0.15, 0.2) is 18.9 Å². The summed E-state index contributed by atoms with van der Waals surface area (Å²) >= 11 is 0. The van der Waals surface area contributed by atoms with Crippen molar-refractivity contribution >= 4 is 11.8 Å². The molecule has 18 heteroatoms. The number of nitrogens with one attached hydrogen (secondary N) is 2. The van der Waals surface area contributed by atoms with Crippen LogP contribution in [0.25, 0.3) is 0 Å². The van der Waals surface area contributed by atoms with Crippen LogP contribution in [0.4, 0.5) is 0 Å². The van der Waals surface area contributed by atoms with Crippen LogP contribution in [0.1, 0.15) is 13.8 Å². The molecule has 10 N–H and O–H groups in total. The van der Waals surface area contributed by atoms with Gasteiger partial charge in [-0.25, -0.2) is 0 Å². The van der Waals surface area contributed by atoms with E-state index in [-0.39, 0.29) is 0 Å². The predicted octanol–water partition coefficient (Wildman–Crippen LogP) is -6.63. The average molecular weight is 601 g/mol. The Morgan fingerprint density at radius 1 is 0.610 bits per heavy atom. The van der Waals surface area contributed by atoms with E-state index in [1.54, 1.807) is 0 Å². The highest BCUT2D eigenvalue weighted by molar-refractivity contribution is 5.73. The SMILES string of the molecule is CO[C@H]1O[C@H](CO)[C@@H](O[C@@H]2O[C@H](CO)[C@@H](O[C@@H]3O[C@H](CO)[C@H](O)[C@H](O)[C@H]3O)[C@H](O)[C@H]2NC(C)=O)[C@H](O)[C@H]1NC(C)=O. The van der Waals surface area contributed by atoms with Gasteiger partial charge in [-0.05, 0) is 0 Å². The number of amides is 2. The zero-order valence-electron chi connectivity index (χ0n) is 22.6. The number of rotatable bonds is 10. The molecule has 0 aromatic rings. The third-order valence-electron chi connectivity index (χ3n) is 7.11. The molecule has 0 aromatic heterocycles. The summed E-state index contributed by atoms with van der Waals surface area (Å²) in [7, 11) is 1.26. The molecular weight excluding hydrogens is 560 g/mol. The second kappa shape index (κ2) is 14.7. The molecule has 0 radical (unpaired) electrons. The van der Waals surface area contributed by atoms with E-state index in [9.17, 15) is 50.4 Å². The minimum absolute atomic E-state index is 0.533. The maximum Gasteiger partial charge on any atom is 0.217 e. The summed E-state index contributed by atoms with van der Waals surface area (Å²) in [4.78, 5) is 23.8.